The number of nitriles is 1. The Labute approximate surface area is 93.4 Å². The summed E-state index contributed by atoms with van der Waals surface area (Å²) in [5.41, 5.74) is 7.71. The molecule has 0 amide bonds. The number of hydrogen-bond donors (Lipinski definition) is 2. The molecular formula is C12H10N4. The van der Waals surface area contributed by atoms with Crippen LogP contribution in [0.25, 0.3) is 0 Å². The Kier molecular flexibility index (Phi) is 2.70. The van der Waals surface area contributed by atoms with Gasteiger partial charge in [-0.2, -0.15) is 5.26 Å². The summed E-state index contributed by atoms with van der Waals surface area (Å²) in [7, 11) is 0. The monoisotopic (exact) mass is 210 g/mol. The largest absolute Gasteiger partial charge is 0.399 e. The molecule has 16 heavy (non-hydrogen) atoms. The maximum Gasteiger partial charge on any atom is 0.132 e. The Hall–Kier alpha value is -2.54. The highest BCUT2D eigenvalue weighted by atomic mass is 15.0. The first-order chi connectivity index (χ1) is 7.78. The molecule has 0 saturated carbocycles. The maximum absolute atomic E-state index is 8.76. The van der Waals surface area contributed by atoms with Crippen molar-refractivity contribution in [2.24, 2.45) is 0 Å². The summed E-state index contributed by atoms with van der Waals surface area (Å²) in [6.07, 6.45) is 1.63. The zero-order chi connectivity index (χ0) is 11.4. The molecule has 0 bridgehead atoms. The minimum absolute atomic E-state index is 0.605. The molecule has 1 aromatic heterocycles. The normalized spacial score (nSPS) is 9.44. The van der Waals surface area contributed by atoms with Gasteiger partial charge in [0.25, 0.3) is 0 Å². The molecule has 0 spiro atoms. The first-order valence-corrected chi connectivity index (χ1v) is 4.76. The molecule has 4 heteroatoms. The maximum atomic E-state index is 8.76. The molecule has 0 aliphatic rings. The average Bonchev–Trinajstić information content (AvgIpc) is 2.29. The van der Waals surface area contributed by atoms with Crippen LogP contribution in [0.3, 0.4) is 0 Å². The Balaban J connectivity index is 2.24. The Bertz CT molecular complexity index is 543. The van der Waals surface area contributed by atoms with E-state index < -0.39 is 0 Å². The molecular weight excluding hydrogens is 200 g/mol. The summed E-state index contributed by atoms with van der Waals surface area (Å²) in [5, 5.41) is 11.8. The van der Waals surface area contributed by atoms with Gasteiger partial charge in [-0.15, -0.1) is 0 Å². The number of nitrogens with two attached hydrogens (primary N) is 1. The number of hydrogen-bond acceptors (Lipinski definition) is 4. The topological polar surface area (TPSA) is 74.7 Å². The molecule has 78 valence electrons. The highest BCUT2D eigenvalue weighted by Crippen LogP contribution is 2.16. The van der Waals surface area contributed by atoms with Crippen molar-refractivity contribution in [1.82, 2.24) is 4.98 Å². The first-order valence-electron chi connectivity index (χ1n) is 4.76. The smallest absolute Gasteiger partial charge is 0.132 e. The van der Waals surface area contributed by atoms with Crippen LogP contribution in [0.15, 0.2) is 42.6 Å². The number of pyridine rings is 1. The van der Waals surface area contributed by atoms with Gasteiger partial charge in [-0.3, -0.25) is 0 Å². The van der Waals surface area contributed by atoms with Crippen LogP contribution in [0.5, 0.6) is 0 Å². The Morgan fingerprint density at radius 1 is 1.25 bits per heavy atom. The predicted molar refractivity (Wildman–Crippen MR) is 63.1 cm³/mol. The van der Waals surface area contributed by atoms with Crippen LogP contribution in [-0.2, 0) is 0 Å². The predicted octanol–water partition coefficient (Wildman–Crippen LogP) is 2.28. The minimum Gasteiger partial charge on any atom is -0.399 e. The number of nitrogens with zero attached hydrogens (tertiary/aromatic N) is 2. The van der Waals surface area contributed by atoms with E-state index in [2.05, 4.69) is 16.4 Å². The molecule has 0 aliphatic heterocycles. The molecule has 1 heterocycles. The van der Waals surface area contributed by atoms with Gasteiger partial charge in [-0.25, -0.2) is 4.98 Å². The Morgan fingerprint density at radius 2 is 2.12 bits per heavy atom. The van der Waals surface area contributed by atoms with E-state index in [1.807, 2.05) is 12.1 Å². The third-order valence-corrected chi connectivity index (χ3v) is 2.05. The lowest BCUT2D eigenvalue weighted by atomic mass is 10.2. The van der Waals surface area contributed by atoms with Gasteiger partial charge >= 0.3 is 0 Å². The van der Waals surface area contributed by atoms with Gasteiger partial charge in [0.1, 0.15) is 5.82 Å². The van der Waals surface area contributed by atoms with Gasteiger partial charge < -0.3 is 11.1 Å². The lowest BCUT2D eigenvalue weighted by Gasteiger charge is -2.05. The fourth-order valence-corrected chi connectivity index (χ4v) is 1.33. The standard InChI is InChI=1S/C12H10N4/c13-8-9-2-1-3-11(6-9)16-12-7-10(14)4-5-15-12/h1-7H,(H3,14,15,16). The van der Waals surface area contributed by atoms with Crippen LogP contribution in [0, 0.1) is 11.3 Å². The van der Waals surface area contributed by atoms with Crippen molar-refractivity contribution in [2.45, 2.75) is 0 Å². The molecule has 0 radical (unpaired) electrons. The third kappa shape index (κ3) is 2.28. The summed E-state index contributed by atoms with van der Waals surface area (Å²) >= 11 is 0. The van der Waals surface area contributed by atoms with Gasteiger partial charge in [0.15, 0.2) is 0 Å². The van der Waals surface area contributed by atoms with E-state index in [1.165, 1.54) is 0 Å². The first kappa shape index (κ1) is 9.99. The third-order valence-electron chi connectivity index (χ3n) is 2.05. The lowest BCUT2D eigenvalue weighted by Crippen LogP contribution is -1.95. The van der Waals surface area contributed by atoms with E-state index >= 15 is 0 Å². The molecule has 4 nitrogen and oxygen atoms in total. The molecule has 0 aliphatic carbocycles. The van der Waals surface area contributed by atoms with Gasteiger partial charge in [0.2, 0.25) is 0 Å². The van der Waals surface area contributed by atoms with Crippen molar-refractivity contribution in [2.75, 3.05) is 11.1 Å². The summed E-state index contributed by atoms with van der Waals surface area (Å²) < 4.78 is 0. The van der Waals surface area contributed by atoms with Crippen molar-refractivity contribution < 1.29 is 0 Å². The SMILES string of the molecule is N#Cc1cccc(Nc2cc(N)ccn2)c1. The summed E-state index contributed by atoms with van der Waals surface area (Å²) in [4.78, 5) is 4.12. The van der Waals surface area contributed by atoms with Crippen LogP contribution < -0.4 is 11.1 Å². The van der Waals surface area contributed by atoms with Gasteiger partial charge in [0.05, 0.1) is 11.6 Å². The number of nitrogens with one attached hydrogen (secondary N) is 1. The average molecular weight is 210 g/mol. The molecule has 2 aromatic rings. The summed E-state index contributed by atoms with van der Waals surface area (Å²) in [6, 6.07) is 12.7. The minimum atomic E-state index is 0.605. The van der Waals surface area contributed by atoms with Crippen LogP contribution in [0.1, 0.15) is 5.56 Å². The number of benzene rings is 1. The van der Waals surface area contributed by atoms with E-state index in [9.17, 15) is 0 Å². The van der Waals surface area contributed by atoms with Crippen molar-refractivity contribution in [3.05, 3.63) is 48.2 Å². The molecule has 0 fully saturated rings. The number of anilines is 3. The fourth-order valence-electron chi connectivity index (χ4n) is 1.33. The van der Waals surface area contributed by atoms with E-state index in [0.29, 0.717) is 17.1 Å². The summed E-state index contributed by atoms with van der Waals surface area (Å²) in [6.45, 7) is 0. The number of nitrogen functional groups attached to an aromatic ring is 1. The highest BCUT2D eigenvalue weighted by Gasteiger charge is 1.97. The number of rotatable bonds is 2. The molecule has 1 aromatic carbocycles. The molecule has 0 unspecified atom stereocenters. The second-order valence-corrected chi connectivity index (χ2v) is 3.29. The van der Waals surface area contributed by atoms with Crippen LogP contribution >= 0.6 is 0 Å². The molecule has 3 N–H and O–H groups in total. The van der Waals surface area contributed by atoms with Gasteiger partial charge in [-0.1, -0.05) is 6.07 Å². The van der Waals surface area contributed by atoms with Crippen molar-refractivity contribution >= 4 is 17.2 Å². The quantitative estimate of drug-likeness (QED) is 0.797. The van der Waals surface area contributed by atoms with Crippen LogP contribution in [0.4, 0.5) is 17.2 Å². The second-order valence-electron chi connectivity index (χ2n) is 3.29. The summed E-state index contributed by atoms with van der Waals surface area (Å²) in [5.74, 6) is 0.662. The van der Waals surface area contributed by atoms with E-state index in [1.54, 1.807) is 30.5 Å². The van der Waals surface area contributed by atoms with Crippen molar-refractivity contribution in [3.8, 4) is 6.07 Å². The zero-order valence-electron chi connectivity index (χ0n) is 8.51. The highest BCUT2D eigenvalue weighted by molar-refractivity contribution is 5.61. The van der Waals surface area contributed by atoms with Crippen molar-refractivity contribution in [1.29, 1.82) is 5.26 Å². The van der Waals surface area contributed by atoms with Crippen molar-refractivity contribution in [3.63, 3.8) is 0 Å². The van der Waals surface area contributed by atoms with Crippen LogP contribution in [-0.4, -0.2) is 4.98 Å². The fraction of sp³-hybridized carbons (Fsp3) is 0. The molecule has 2 rings (SSSR count). The van der Waals surface area contributed by atoms with Crippen LogP contribution in [0.2, 0.25) is 0 Å². The zero-order valence-corrected chi connectivity index (χ0v) is 8.51. The number of aromatic nitrogens is 1. The lowest BCUT2D eigenvalue weighted by molar-refractivity contribution is 1.31. The molecule has 0 atom stereocenters. The van der Waals surface area contributed by atoms with E-state index in [4.69, 9.17) is 11.0 Å². The van der Waals surface area contributed by atoms with Gasteiger partial charge in [0, 0.05) is 23.6 Å². The van der Waals surface area contributed by atoms with E-state index in [0.717, 1.165) is 5.69 Å². The Morgan fingerprint density at radius 3 is 2.88 bits per heavy atom. The second kappa shape index (κ2) is 4.32. The van der Waals surface area contributed by atoms with Gasteiger partial charge in [-0.05, 0) is 24.3 Å². The van der Waals surface area contributed by atoms with E-state index in [-0.39, 0.29) is 0 Å². The molecule has 0 saturated heterocycles.